The third kappa shape index (κ3) is 4.35. The van der Waals surface area contributed by atoms with E-state index in [1.54, 1.807) is 19.1 Å². The number of benzene rings is 2. The van der Waals surface area contributed by atoms with Crippen molar-refractivity contribution in [3.8, 4) is 11.5 Å². The highest BCUT2D eigenvalue weighted by molar-refractivity contribution is 6.15. The van der Waals surface area contributed by atoms with Crippen molar-refractivity contribution >= 4 is 17.8 Å². The summed E-state index contributed by atoms with van der Waals surface area (Å²) in [4.78, 5) is 27.2. The highest BCUT2D eigenvalue weighted by atomic mass is 16.5. The summed E-state index contributed by atoms with van der Waals surface area (Å²) in [6.07, 6.45) is 3.16. The largest absolute Gasteiger partial charge is 0.507 e. The fraction of sp³-hybridized carbons (Fsp3) is 0.360. The zero-order valence-corrected chi connectivity index (χ0v) is 17.9. The van der Waals surface area contributed by atoms with Crippen LogP contribution in [0.1, 0.15) is 46.8 Å². The Morgan fingerprint density at radius 3 is 2.65 bits per heavy atom. The molecule has 2 heterocycles. The minimum Gasteiger partial charge on any atom is -0.507 e. The van der Waals surface area contributed by atoms with Gasteiger partial charge in [-0.25, -0.2) is 0 Å². The van der Waals surface area contributed by atoms with Gasteiger partial charge in [-0.05, 0) is 63.0 Å². The molecule has 0 atom stereocenters. The number of aromatic hydroxyl groups is 1. The minimum atomic E-state index is -0.168. The maximum Gasteiger partial charge on any atom is 0.309 e. The van der Waals surface area contributed by atoms with Gasteiger partial charge in [-0.3, -0.25) is 14.5 Å². The number of Topliss-reactive ketones (excluding diaryl/α,β-unsaturated/α-hetero) is 1. The van der Waals surface area contributed by atoms with E-state index in [0.29, 0.717) is 61.5 Å². The topological polar surface area (TPSA) is 76.1 Å². The predicted molar refractivity (Wildman–Crippen MR) is 117 cm³/mol. The summed E-state index contributed by atoms with van der Waals surface area (Å²) in [5.41, 5.74) is 2.69. The molecule has 2 aliphatic heterocycles. The average Bonchev–Trinajstić information content (AvgIpc) is 3.09. The fourth-order valence-electron chi connectivity index (χ4n) is 4.24. The molecule has 0 aromatic heterocycles. The average molecular weight is 421 g/mol. The number of nitrogens with zero attached hydrogens (tertiary/aromatic N) is 1. The van der Waals surface area contributed by atoms with Gasteiger partial charge in [-0.1, -0.05) is 30.3 Å². The van der Waals surface area contributed by atoms with Crippen molar-refractivity contribution in [3.63, 3.8) is 0 Å². The number of ketones is 1. The lowest BCUT2D eigenvalue weighted by atomic mass is 9.95. The van der Waals surface area contributed by atoms with Crippen molar-refractivity contribution in [1.82, 2.24) is 4.90 Å². The summed E-state index contributed by atoms with van der Waals surface area (Å²) in [7, 11) is 0. The molecule has 162 valence electrons. The van der Waals surface area contributed by atoms with Crippen molar-refractivity contribution in [2.45, 2.75) is 33.2 Å². The number of allylic oxidation sites excluding steroid dienone is 1. The molecule has 31 heavy (non-hydrogen) atoms. The Bertz CT molecular complexity index is 1020. The van der Waals surface area contributed by atoms with Gasteiger partial charge in [-0.2, -0.15) is 0 Å². The first kappa shape index (κ1) is 21.1. The summed E-state index contributed by atoms with van der Waals surface area (Å²) in [6.45, 7) is 5.90. The SMILES string of the molecule is CCOC(=O)C1CCN(Cc2c(O)cc(C)c3c2O/C(=C/c2ccccc2)C3=O)CC1. The van der Waals surface area contributed by atoms with E-state index in [4.69, 9.17) is 9.47 Å². The molecule has 2 aromatic rings. The third-order valence-corrected chi connectivity index (χ3v) is 5.91. The normalized spacial score (nSPS) is 18.1. The first-order valence-corrected chi connectivity index (χ1v) is 10.7. The number of ether oxygens (including phenoxy) is 2. The van der Waals surface area contributed by atoms with Crippen molar-refractivity contribution in [3.05, 3.63) is 64.4 Å². The Balaban J connectivity index is 1.55. The minimum absolute atomic E-state index is 0.0771. The van der Waals surface area contributed by atoms with Crippen LogP contribution in [-0.4, -0.2) is 41.5 Å². The number of hydrogen-bond donors (Lipinski definition) is 1. The van der Waals surface area contributed by atoms with Crippen LogP contribution in [0.2, 0.25) is 0 Å². The van der Waals surface area contributed by atoms with Crippen LogP contribution in [0.15, 0.2) is 42.2 Å². The van der Waals surface area contributed by atoms with E-state index in [1.807, 2.05) is 37.3 Å². The van der Waals surface area contributed by atoms with Gasteiger partial charge in [0.15, 0.2) is 5.76 Å². The zero-order chi connectivity index (χ0) is 22.0. The van der Waals surface area contributed by atoms with Crippen LogP contribution in [0.5, 0.6) is 11.5 Å². The van der Waals surface area contributed by atoms with Crippen LogP contribution in [0, 0.1) is 12.8 Å². The number of esters is 1. The molecule has 0 unspecified atom stereocenters. The third-order valence-electron chi connectivity index (χ3n) is 5.91. The van der Waals surface area contributed by atoms with Crippen LogP contribution >= 0.6 is 0 Å². The Morgan fingerprint density at radius 1 is 1.26 bits per heavy atom. The molecule has 0 aliphatic carbocycles. The van der Waals surface area contributed by atoms with E-state index in [0.717, 1.165) is 5.56 Å². The smallest absolute Gasteiger partial charge is 0.309 e. The number of carbonyl (C=O) groups is 2. The molecule has 0 bridgehead atoms. The quantitative estimate of drug-likeness (QED) is 0.579. The molecular formula is C25H27NO5. The van der Waals surface area contributed by atoms with Crippen molar-refractivity contribution in [1.29, 1.82) is 0 Å². The standard InChI is InChI=1S/C25H27NO5/c1-3-30-25(29)18-9-11-26(12-10-18)15-19-20(27)13-16(2)22-23(28)21(31-24(19)22)14-17-7-5-4-6-8-17/h4-8,13-14,18,27H,3,9-12,15H2,1-2H3/b21-14+. The molecule has 1 N–H and O–H groups in total. The molecule has 0 spiro atoms. The molecule has 0 amide bonds. The number of aryl methyl sites for hydroxylation is 1. The maximum atomic E-state index is 13.0. The molecule has 6 nitrogen and oxygen atoms in total. The summed E-state index contributed by atoms with van der Waals surface area (Å²) >= 11 is 0. The Morgan fingerprint density at radius 2 is 1.97 bits per heavy atom. The Hall–Kier alpha value is -3.12. The lowest BCUT2D eigenvalue weighted by molar-refractivity contribution is -0.149. The van der Waals surface area contributed by atoms with Gasteiger partial charge in [0, 0.05) is 6.54 Å². The van der Waals surface area contributed by atoms with Crippen LogP contribution in [-0.2, 0) is 16.1 Å². The van der Waals surface area contributed by atoms with Gasteiger partial charge >= 0.3 is 5.97 Å². The molecule has 4 rings (SSSR count). The van der Waals surface area contributed by atoms with Gasteiger partial charge in [0.1, 0.15) is 11.5 Å². The van der Waals surface area contributed by atoms with E-state index in [1.165, 1.54) is 0 Å². The maximum absolute atomic E-state index is 13.0. The van der Waals surface area contributed by atoms with Gasteiger partial charge < -0.3 is 14.6 Å². The van der Waals surface area contributed by atoms with E-state index >= 15 is 0 Å². The number of carbonyl (C=O) groups excluding carboxylic acids is 2. The monoisotopic (exact) mass is 421 g/mol. The molecule has 1 fully saturated rings. The number of fused-ring (bicyclic) bond motifs is 1. The molecular weight excluding hydrogens is 394 g/mol. The van der Waals surface area contributed by atoms with E-state index in [-0.39, 0.29) is 29.2 Å². The number of phenolic OH excluding ortho intramolecular Hbond substituents is 1. The fourth-order valence-corrected chi connectivity index (χ4v) is 4.24. The number of piperidine rings is 1. The molecule has 6 heteroatoms. The van der Waals surface area contributed by atoms with E-state index < -0.39 is 0 Å². The number of likely N-dealkylation sites (tertiary alicyclic amines) is 1. The first-order chi connectivity index (χ1) is 15.0. The molecule has 1 saturated heterocycles. The number of rotatable bonds is 5. The second-order valence-electron chi connectivity index (χ2n) is 8.05. The number of hydrogen-bond acceptors (Lipinski definition) is 6. The molecule has 2 aromatic carbocycles. The lowest BCUT2D eigenvalue weighted by Gasteiger charge is -2.31. The Labute approximate surface area is 182 Å². The second kappa shape index (κ2) is 8.94. The summed E-state index contributed by atoms with van der Waals surface area (Å²) in [5, 5.41) is 10.6. The highest BCUT2D eigenvalue weighted by Crippen LogP contribution is 2.42. The van der Waals surface area contributed by atoms with Crippen LogP contribution in [0.3, 0.4) is 0 Å². The van der Waals surface area contributed by atoms with Crippen molar-refractivity contribution in [2.75, 3.05) is 19.7 Å². The molecule has 0 saturated carbocycles. The van der Waals surface area contributed by atoms with E-state index in [2.05, 4.69) is 4.90 Å². The van der Waals surface area contributed by atoms with Gasteiger partial charge in [0.25, 0.3) is 0 Å². The molecule has 2 aliphatic rings. The van der Waals surface area contributed by atoms with Gasteiger partial charge in [0.2, 0.25) is 5.78 Å². The summed E-state index contributed by atoms with van der Waals surface area (Å²) < 4.78 is 11.1. The van der Waals surface area contributed by atoms with Crippen molar-refractivity contribution in [2.24, 2.45) is 5.92 Å². The van der Waals surface area contributed by atoms with Gasteiger partial charge in [0.05, 0.1) is 23.7 Å². The summed E-state index contributed by atoms with van der Waals surface area (Å²) in [6, 6.07) is 11.2. The number of phenols is 1. The van der Waals surface area contributed by atoms with Crippen LogP contribution in [0.25, 0.3) is 6.08 Å². The predicted octanol–water partition coefficient (Wildman–Crippen LogP) is 4.09. The summed E-state index contributed by atoms with van der Waals surface area (Å²) in [5.74, 6) is 0.447. The van der Waals surface area contributed by atoms with Gasteiger partial charge in [-0.15, -0.1) is 0 Å². The van der Waals surface area contributed by atoms with Crippen molar-refractivity contribution < 1.29 is 24.2 Å². The highest BCUT2D eigenvalue weighted by Gasteiger charge is 2.34. The Kier molecular flexibility index (Phi) is 6.09. The van der Waals surface area contributed by atoms with E-state index in [9.17, 15) is 14.7 Å². The second-order valence-corrected chi connectivity index (χ2v) is 8.05. The molecule has 0 radical (unpaired) electrons. The lowest BCUT2D eigenvalue weighted by Crippen LogP contribution is -2.36. The van der Waals surface area contributed by atoms with Crippen LogP contribution in [0.4, 0.5) is 0 Å². The zero-order valence-electron chi connectivity index (χ0n) is 17.9. The van der Waals surface area contributed by atoms with Crippen LogP contribution < -0.4 is 4.74 Å². The first-order valence-electron chi connectivity index (χ1n) is 10.7.